The van der Waals surface area contributed by atoms with E-state index < -0.39 is 5.97 Å². The molecule has 128 valence electrons. The summed E-state index contributed by atoms with van der Waals surface area (Å²) in [6.45, 7) is 0. The van der Waals surface area contributed by atoms with E-state index in [-0.39, 0.29) is 5.28 Å². The van der Waals surface area contributed by atoms with Crippen LogP contribution < -0.4 is 0 Å². The Morgan fingerprint density at radius 3 is 2.81 bits per heavy atom. The van der Waals surface area contributed by atoms with Crippen LogP contribution in [-0.2, 0) is 4.74 Å². The fourth-order valence-electron chi connectivity index (χ4n) is 2.82. The molecule has 0 unspecified atom stereocenters. The van der Waals surface area contributed by atoms with Gasteiger partial charge in [0.2, 0.25) is 5.28 Å². The summed E-state index contributed by atoms with van der Waals surface area (Å²) in [5.74, 6) is -0.401. The molecule has 0 bridgehead atoms. The van der Waals surface area contributed by atoms with Crippen LogP contribution in [0.3, 0.4) is 0 Å². The van der Waals surface area contributed by atoms with E-state index in [0.29, 0.717) is 17.0 Å². The highest BCUT2D eigenvalue weighted by molar-refractivity contribution is 6.28. The molecule has 0 saturated heterocycles. The number of ether oxygens (including phenoxy) is 1. The lowest BCUT2D eigenvalue weighted by Crippen LogP contribution is -2.01. The lowest BCUT2D eigenvalue weighted by Gasteiger charge is -2.06. The second kappa shape index (κ2) is 6.57. The number of imidazole rings is 1. The molecule has 3 heterocycles. The smallest absolute Gasteiger partial charge is 0.337 e. The van der Waals surface area contributed by atoms with Gasteiger partial charge in [0, 0.05) is 18.0 Å². The zero-order chi connectivity index (χ0) is 18.1. The van der Waals surface area contributed by atoms with Gasteiger partial charge < -0.3 is 4.74 Å². The Labute approximate surface area is 154 Å². The van der Waals surface area contributed by atoms with Crippen molar-refractivity contribution in [3.8, 4) is 22.6 Å². The summed E-state index contributed by atoms with van der Waals surface area (Å²) in [6, 6.07) is 14.6. The van der Waals surface area contributed by atoms with E-state index in [1.165, 1.54) is 7.11 Å². The predicted octanol–water partition coefficient (Wildman–Crippen LogP) is 3.90. The lowest BCUT2D eigenvalue weighted by atomic mass is 10.1. The molecule has 0 saturated carbocycles. The van der Waals surface area contributed by atoms with E-state index in [9.17, 15) is 4.79 Å². The molecule has 4 aromatic rings. The average molecular weight is 365 g/mol. The molecule has 0 amide bonds. The number of methoxy groups -OCH3 is 1. The number of benzene rings is 1. The van der Waals surface area contributed by atoms with E-state index >= 15 is 0 Å². The van der Waals surface area contributed by atoms with Crippen molar-refractivity contribution in [2.45, 2.75) is 0 Å². The SMILES string of the molecule is COC(=O)c1cccc(-c2nc3ccccn3c2-c2ccnc(Cl)n2)c1. The molecule has 0 spiro atoms. The second-order valence-corrected chi connectivity index (χ2v) is 5.86. The fraction of sp³-hybridized carbons (Fsp3) is 0.0526. The zero-order valence-electron chi connectivity index (χ0n) is 13.8. The van der Waals surface area contributed by atoms with Gasteiger partial charge in [-0.3, -0.25) is 4.40 Å². The third kappa shape index (κ3) is 2.80. The molecule has 6 nitrogen and oxygen atoms in total. The first-order valence-electron chi connectivity index (χ1n) is 7.82. The average Bonchev–Trinajstić information content (AvgIpc) is 3.07. The molecule has 1 aromatic carbocycles. The summed E-state index contributed by atoms with van der Waals surface area (Å²) < 4.78 is 6.74. The maximum Gasteiger partial charge on any atom is 0.337 e. The summed E-state index contributed by atoms with van der Waals surface area (Å²) in [6.07, 6.45) is 3.50. The first-order chi connectivity index (χ1) is 12.7. The van der Waals surface area contributed by atoms with Crippen LogP contribution in [0, 0.1) is 0 Å². The number of hydrogen-bond acceptors (Lipinski definition) is 5. The highest BCUT2D eigenvalue weighted by atomic mass is 35.5. The normalized spacial score (nSPS) is 10.8. The molecule has 0 atom stereocenters. The van der Waals surface area contributed by atoms with Crippen molar-refractivity contribution in [3.63, 3.8) is 0 Å². The summed E-state index contributed by atoms with van der Waals surface area (Å²) >= 11 is 5.98. The maximum atomic E-state index is 11.9. The third-order valence-electron chi connectivity index (χ3n) is 3.96. The third-order valence-corrected chi connectivity index (χ3v) is 4.14. The first kappa shape index (κ1) is 16.2. The van der Waals surface area contributed by atoms with Crippen molar-refractivity contribution in [2.75, 3.05) is 7.11 Å². The number of esters is 1. The molecule has 26 heavy (non-hydrogen) atoms. The second-order valence-electron chi connectivity index (χ2n) is 5.52. The Balaban J connectivity index is 1.99. The minimum Gasteiger partial charge on any atom is -0.465 e. The molecule has 0 radical (unpaired) electrons. The Hall–Kier alpha value is -3.25. The number of hydrogen-bond donors (Lipinski definition) is 0. The van der Waals surface area contributed by atoms with E-state index in [2.05, 4.69) is 9.97 Å². The van der Waals surface area contributed by atoms with Gasteiger partial charge in [0.15, 0.2) is 0 Å². The maximum absolute atomic E-state index is 11.9. The minimum absolute atomic E-state index is 0.155. The monoisotopic (exact) mass is 364 g/mol. The number of aromatic nitrogens is 4. The van der Waals surface area contributed by atoms with Gasteiger partial charge in [0.1, 0.15) is 5.65 Å². The van der Waals surface area contributed by atoms with Crippen LogP contribution in [0.15, 0.2) is 60.9 Å². The quantitative estimate of drug-likeness (QED) is 0.407. The van der Waals surface area contributed by atoms with Crippen LogP contribution in [0.4, 0.5) is 0 Å². The largest absolute Gasteiger partial charge is 0.465 e. The molecule has 3 aromatic heterocycles. The Morgan fingerprint density at radius 2 is 2.00 bits per heavy atom. The Morgan fingerprint density at radius 1 is 1.12 bits per heavy atom. The van der Waals surface area contributed by atoms with Gasteiger partial charge in [-0.05, 0) is 41.9 Å². The number of fused-ring (bicyclic) bond motifs is 1. The van der Waals surface area contributed by atoms with E-state index in [1.807, 2.05) is 34.9 Å². The number of rotatable bonds is 3. The van der Waals surface area contributed by atoms with Crippen LogP contribution in [0.25, 0.3) is 28.3 Å². The highest BCUT2D eigenvalue weighted by Crippen LogP contribution is 2.32. The fourth-order valence-corrected chi connectivity index (χ4v) is 2.97. The Kier molecular flexibility index (Phi) is 4.10. The van der Waals surface area contributed by atoms with Gasteiger partial charge in [-0.1, -0.05) is 18.2 Å². The van der Waals surface area contributed by atoms with Crippen molar-refractivity contribution < 1.29 is 9.53 Å². The van der Waals surface area contributed by atoms with E-state index in [0.717, 1.165) is 16.9 Å². The van der Waals surface area contributed by atoms with Crippen LogP contribution >= 0.6 is 11.6 Å². The van der Waals surface area contributed by atoms with Crippen LogP contribution in [0.1, 0.15) is 10.4 Å². The minimum atomic E-state index is -0.401. The van der Waals surface area contributed by atoms with Gasteiger partial charge >= 0.3 is 5.97 Å². The number of carbonyl (C=O) groups excluding carboxylic acids is 1. The van der Waals surface area contributed by atoms with Gasteiger partial charge in [-0.2, -0.15) is 0 Å². The predicted molar refractivity (Wildman–Crippen MR) is 98.0 cm³/mol. The van der Waals surface area contributed by atoms with Gasteiger partial charge in [0.25, 0.3) is 0 Å². The molecule has 0 N–H and O–H groups in total. The van der Waals surface area contributed by atoms with Crippen LogP contribution in [0.2, 0.25) is 5.28 Å². The highest BCUT2D eigenvalue weighted by Gasteiger charge is 2.18. The lowest BCUT2D eigenvalue weighted by molar-refractivity contribution is 0.0601. The molecule has 7 heteroatoms. The molecular formula is C19H13ClN4O2. The molecule has 0 aliphatic carbocycles. The number of halogens is 1. The summed E-state index contributed by atoms with van der Waals surface area (Å²) in [4.78, 5) is 24.9. The van der Waals surface area contributed by atoms with Crippen molar-refractivity contribution >= 4 is 23.2 Å². The number of nitrogens with zero attached hydrogens (tertiary/aromatic N) is 4. The van der Waals surface area contributed by atoms with Crippen LogP contribution in [0.5, 0.6) is 0 Å². The van der Waals surface area contributed by atoms with Gasteiger partial charge in [-0.15, -0.1) is 0 Å². The standard InChI is InChI=1S/C19H13ClN4O2/c1-26-18(25)13-6-4-5-12(11-13)16-17(14-8-9-21-19(20)22-14)24-10-3-2-7-15(24)23-16/h2-11H,1H3. The van der Waals surface area contributed by atoms with Crippen molar-refractivity contribution in [1.29, 1.82) is 0 Å². The molecular weight excluding hydrogens is 352 g/mol. The van der Waals surface area contributed by atoms with Gasteiger partial charge in [0.05, 0.1) is 29.8 Å². The summed E-state index contributed by atoms with van der Waals surface area (Å²) in [5.41, 5.74) is 4.09. The van der Waals surface area contributed by atoms with E-state index in [1.54, 1.807) is 30.5 Å². The summed E-state index contributed by atoms with van der Waals surface area (Å²) in [5, 5.41) is 0.155. The van der Waals surface area contributed by atoms with Crippen molar-refractivity contribution in [3.05, 3.63) is 71.8 Å². The first-order valence-corrected chi connectivity index (χ1v) is 8.20. The van der Waals surface area contributed by atoms with E-state index in [4.69, 9.17) is 21.3 Å². The van der Waals surface area contributed by atoms with Gasteiger partial charge in [-0.25, -0.2) is 19.7 Å². The zero-order valence-corrected chi connectivity index (χ0v) is 14.5. The molecule has 4 rings (SSSR count). The van der Waals surface area contributed by atoms with Crippen molar-refractivity contribution in [1.82, 2.24) is 19.4 Å². The number of carbonyl (C=O) groups is 1. The van der Waals surface area contributed by atoms with Crippen molar-refractivity contribution in [2.24, 2.45) is 0 Å². The Bertz CT molecular complexity index is 1120. The molecule has 0 aliphatic heterocycles. The molecule has 0 aliphatic rings. The number of pyridine rings is 1. The summed E-state index contributed by atoms with van der Waals surface area (Å²) in [7, 11) is 1.36. The van der Waals surface area contributed by atoms with Crippen LogP contribution in [-0.4, -0.2) is 32.4 Å². The molecule has 0 fully saturated rings. The topological polar surface area (TPSA) is 69.4 Å².